The van der Waals surface area contributed by atoms with Gasteiger partial charge >= 0.3 is 0 Å². The van der Waals surface area contributed by atoms with Gasteiger partial charge in [0.1, 0.15) is 22.9 Å². The zero-order chi connectivity index (χ0) is 22.8. The molecular weight excluding hydrogens is 470 g/mol. The largest absolute Gasteiger partial charge is 0.507 e. The van der Waals surface area contributed by atoms with E-state index in [2.05, 4.69) is 5.10 Å². The molecule has 160 valence electrons. The van der Waals surface area contributed by atoms with E-state index in [4.69, 9.17) is 27.6 Å². The lowest BCUT2D eigenvalue weighted by Crippen LogP contribution is -2.26. The minimum Gasteiger partial charge on any atom is -0.507 e. The minimum absolute atomic E-state index is 0.0482. The van der Waals surface area contributed by atoms with Crippen molar-refractivity contribution in [1.82, 2.24) is 9.78 Å². The lowest BCUT2D eigenvalue weighted by molar-refractivity contribution is 0.373. The number of furan rings is 1. The molecule has 0 aliphatic rings. The number of aryl methyl sites for hydroxylation is 1. The molecule has 2 heterocycles. The van der Waals surface area contributed by atoms with Crippen LogP contribution < -0.4 is 5.56 Å². The SMILES string of the molecule is Cc1ccc(-c2nn(-c3c(F)c(F)c(F)c(F)c3F)c(=O)c3c(Cl)c(Cl)cc(O)c23)o1. The van der Waals surface area contributed by atoms with Gasteiger partial charge in [-0.3, -0.25) is 4.79 Å². The number of halogens is 7. The number of phenolic OH excluding ortho intramolecular Hbond substituents is 1. The van der Waals surface area contributed by atoms with Gasteiger partial charge in [-0.1, -0.05) is 23.2 Å². The average Bonchev–Trinajstić information content (AvgIpc) is 3.16. The van der Waals surface area contributed by atoms with Gasteiger partial charge in [0.15, 0.2) is 29.0 Å². The number of fused-ring (bicyclic) bond motifs is 1. The monoisotopic (exact) mass is 476 g/mol. The molecule has 31 heavy (non-hydrogen) atoms. The van der Waals surface area contributed by atoms with Crippen molar-refractivity contribution in [2.45, 2.75) is 6.92 Å². The fourth-order valence-corrected chi connectivity index (χ4v) is 3.45. The average molecular weight is 477 g/mol. The van der Waals surface area contributed by atoms with Crippen molar-refractivity contribution in [3.63, 3.8) is 0 Å². The Hall–Kier alpha value is -3.11. The Morgan fingerprint density at radius 2 is 1.55 bits per heavy atom. The quantitative estimate of drug-likeness (QED) is 0.230. The van der Waals surface area contributed by atoms with Gasteiger partial charge < -0.3 is 9.52 Å². The van der Waals surface area contributed by atoms with Gasteiger partial charge in [-0.2, -0.15) is 9.78 Å². The van der Waals surface area contributed by atoms with E-state index in [1.54, 1.807) is 6.92 Å². The molecule has 4 rings (SSSR count). The topological polar surface area (TPSA) is 68.3 Å². The van der Waals surface area contributed by atoms with Crippen LogP contribution in [0.15, 0.2) is 27.4 Å². The second kappa shape index (κ2) is 7.24. The predicted molar refractivity (Wildman–Crippen MR) is 101 cm³/mol. The van der Waals surface area contributed by atoms with Crippen molar-refractivity contribution in [1.29, 1.82) is 0 Å². The third-order valence-electron chi connectivity index (χ3n) is 4.41. The molecule has 0 aliphatic carbocycles. The highest BCUT2D eigenvalue weighted by molar-refractivity contribution is 6.45. The van der Waals surface area contributed by atoms with Crippen LogP contribution in [-0.2, 0) is 0 Å². The van der Waals surface area contributed by atoms with Crippen molar-refractivity contribution >= 4 is 34.0 Å². The Labute approximate surface area is 178 Å². The Kier molecular flexibility index (Phi) is 4.94. The molecule has 0 amide bonds. The van der Waals surface area contributed by atoms with Gasteiger partial charge in [-0.15, -0.1) is 0 Å². The predicted octanol–water partition coefficient (Wildman–Crippen LogP) is 5.66. The Bertz CT molecular complexity index is 1440. The van der Waals surface area contributed by atoms with E-state index in [0.29, 0.717) is 5.76 Å². The van der Waals surface area contributed by atoms with Gasteiger partial charge in [0.05, 0.1) is 20.8 Å². The highest BCUT2D eigenvalue weighted by Crippen LogP contribution is 2.40. The minimum atomic E-state index is -2.41. The molecule has 0 bridgehead atoms. The van der Waals surface area contributed by atoms with E-state index in [1.165, 1.54) is 12.1 Å². The molecule has 0 radical (unpaired) electrons. The molecule has 4 aromatic rings. The van der Waals surface area contributed by atoms with Crippen LogP contribution in [0, 0.1) is 36.0 Å². The first-order valence-corrected chi connectivity index (χ1v) is 9.02. The summed E-state index contributed by atoms with van der Waals surface area (Å²) >= 11 is 12.0. The van der Waals surface area contributed by atoms with E-state index in [9.17, 15) is 31.9 Å². The molecule has 0 aliphatic heterocycles. The molecule has 12 heteroatoms. The maximum absolute atomic E-state index is 14.4. The van der Waals surface area contributed by atoms with Gasteiger partial charge in [0.25, 0.3) is 5.56 Å². The van der Waals surface area contributed by atoms with Crippen molar-refractivity contribution in [3.8, 4) is 22.9 Å². The fraction of sp³-hybridized carbons (Fsp3) is 0.0526. The molecule has 0 saturated carbocycles. The summed E-state index contributed by atoms with van der Waals surface area (Å²) in [5.74, 6) is -11.9. The smallest absolute Gasteiger partial charge is 0.281 e. The Morgan fingerprint density at radius 1 is 0.968 bits per heavy atom. The summed E-state index contributed by atoms with van der Waals surface area (Å²) < 4.78 is 75.2. The normalized spacial score (nSPS) is 11.5. The van der Waals surface area contributed by atoms with Gasteiger partial charge in [-0.25, -0.2) is 22.0 Å². The number of hydrogen-bond donors (Lipinski definition) is 1. The van der Waals surface area contributed by atoms with Crippen molar-refractivity contribution in [2.24, 2.45) is 0 Å². The lowest BCUT2D eigenvalue weighted by Gasteiger charge is -2.14. The van der Waals surface area contributed by atoms with Gasteiger partial charge in [0.2, 0.25) is 5.82 Å². The van der Waals surface area contributed by atoms with Crippen LogP contribution in [0.3, 0.4) is 0 Å². The molecule has 0 spiro atoms. The summed E-state index contributed by atoms with van der Waals surface area (Å²) in [5, 5.41) is 12.5. The zero-order valence-electron chi connectivity index (χ0n) is 15.0. The first kappa shape index (κ1) is 21.1. The summed E-state index contributed by atoms with van der Waals surface area (Å²) in [6.07, 6.45) is 0. The standard InChI is InChI=1S/C19H7Cl2F5N2O3/c1-5-2-3-8(31-5)17-9-7(29)4-6(20)11(21)10(9)19(30)28(27-17)18-15(25)13(23)12(22)14(24)16(18)26/h2-4,29H,1H3. The number of hydrogen-bond acceptors (Lipinski definition) is 4. The Balaban J connectivity index is 2.26. The zero-order valence-corrected chi connectivity index (χ0v) is 16.5. The highest BCUT2D eigenvalue weighted by Gasteiger charge is 2.30. The summed E-state index contributed by atoms with van der Waals surface area (Å²) in [4.78, 5) is 13.0. The molecule has 0 saturated heterocycles. The molecular formula is C19H7Cl2F5N2O3. The van der Waals surface area contributed by atoms with E-state index in [-0.39, 0.29) is 26.5 Å². The molecule has 2 aromatic carbocycles. The second-order valence-corrected chi connectivity index (χ2v) is 7.12. The van der Waals surface area contributed by atoms with Crippen LogP contribution in [0.2, 0.25) is 10.0 Å². The van der Waals surface area contributed by atoms with E-state index >= 15 is 0 Å². The van der Waals surface area contributed by atoms with Crippen molar-refractivity contribution in [3.05, 3.63) is 73.4 Å². The maximum Gasteiger partial charge on any atom is 0.281 e. The van der Waals surface area contributed by atoms with E-state index in [1.807, 2.05) is 0 Å². The number of benzene rings is 2. The molecule has 1 N–H and O–H groups in total. The third-order valence-corrected chi connectivity index (χ3v) is 5.20. The first-order valence-electron chi connectivity index (χ1n) is 8.27. The molecule has 0 atom stereocenters. The molecule has 2 aromatic heterocycles. The summed E-state index contributed by atoms with van der Waals surface area (Å²) in [7, 11) is 0. The molecule has 0 unspecified atom stereocenters. The van der Waals surface area contributed by atoms with E-state index in [0.717, 1.165) is 6.07 Å². The number of aromatic nitrogens is 2. The summed E-state index contributed by atoms with van der Waals surface area (Å²) in [6, 6.07) is 3.83. The van der Waals surface area contributed by atoms with Crippen molar-refractivity contribution in [2.75, 3.05) is 0 Å². The Morgan fingerprint density at radius 3 is 2.10 bits per heavy atom. The number of nitrogens with zero attached hydrogens (tertiary/aromatic N) is 2. The number of aromatic hydroxyl groups is 1. The maximum atomic E-state index is 14.4. The van der Waals surface area contributed by atoms with Crippen LogP contribution in [0.5, 0.6) is 5.75 Å². The van der Waals surface area contributed by atoms with Crippen molar-refractivity contribution < 1.29 is 31.5 Å². The highest BCUT2D eigenvalue weighted by atomic mass is 35.5. The lowest BCUT2D eigenvalue weighted by atomic mass is 10.1. The molecule has 0 fully saturated rings. The molecule has 5 nitrogen and oxygen atoms in total. The van der Waals surface area contributed by atoms with E-state index < -0.39 is 56.5 Å². The fourth-order valence-electron chi connectivity index (χ4n) is 3.02. The number of phenols is 1. The summed E-state index contributed by atoms with van der Waals surface area (Å²) in [6.45, 7) is 1.55. The number of rotatable bonds is 2. The third kappa shape index (κ3) is 3.05. The summed E-state index contributed by atoms with van der Waals surface area (Å²) in [5.41, 5.74) is -3.39. The van der Waals surface area contributed by atoms with Crippen LogP contribution in [0.4, 0.5) is 22.0 Å². The van der Waals surface area contributed by atoms with Gasteiger partial charge in [-0.05, 0) is 19.1 Å². The van der Waals surface area contributed by atoms with Crippen LogP contribution in [-0.4, -0.2) is 14.9 Å². The van der Waals surface area contributed by atoms with Gasteiger partial charge in [0, 0.05) is 6.07 Å². The second-order valence-electron chi connectivity index (χ2n) is 6.34. The van der Waals surface area contributed by atoms with Crippen LogP contribution in [0.25, 0.3) is 27.9 Å². The van der Waals surface area contributed by atoms with Crippen LogP contribution in [0.1, 0.15) is 5.76 Å². The van der Waals surface area contributed by atoms with Crippen LogP contribution >= 0.6 is 23.2 Å². The first-order chi connectivity index (χ1) is 14.5.